The molecule has 0 aromatic heterocycles. The lowest BCUT2D eigenvalue weighted by Gasteiger charge is -2.32. The number of anilines is 1. The average molecular weight is 412 g/mol. The molecule has 1 aromatic rings. The molecule has 2 amide bonds. The quantitative estimate of drug-likeness (QED) is 0.711. The number of alkyl halides is 3. The van der Waals surface area contributed by atoms with Crippen molar-refractivity contribution in [3.05, 3.63) is 28.7 Å². The highest BCUT2D eigenvalue weighted by molar-refractivity contribution is 9.10. The van der Waals surface area contributed by atoms with Gasteiger partial charge < -0.3 is 10.6 Å². The first-order chi connectivity index (χ1) is 10.7. The molecule has 1 heterocycles. The number of rotatable bonds is 4. The summed E-state index contributed by atoms with van der Waals surface area (Å²) in [5, 5.41) is 7.26. The van der Waals surface area contributed by atoms with Crippen LogP contribution in [-0.4, -0.2) is 35.3 Å². The Kier molecular flexibility index (Phi) is 5.93. The number of thioether (sulfide) groups is 1. The molecule has 0 spiro atoms. The molecule has 1 aliphatic rings. The normalized spacial score (nSPS) is 21.7. The first kappa shape index (κ1) is 18.1. The van der Waals surface area contributed by atoms with Crippen LogP contribution in [0.2, 0.25) is 0 Å². The second kappa shape index (κ2) is 7.54. The summed E-state index contributed by atoms with van der Waals surface area (Å²) < 4.78 is 38.9. The van der Waals surface area contributed by atoms with Gasteiger partial charge in [-0.2, -0.15) is 13.2 Å². The van der Waals surface area contributed by atoms with Crippen molar-refractivity contribution in [2.45, 2.75) is 24.1 Å². The van der Waals surface area contributed by atoms with Gasteiger partial charge in [-0.1, -0.05) is 15.9 Å². The van der Waals surface area contributed by atoms with Crippen LogP contribution in [0.25, 0.3) is 0 Å². The first-order valence-corrected chi connectivity index (χ1v) is 8.37. The van der Waals surface area contributed by atoms with E-state index in [1.165, 1.54) is 0 Å². The third kappa shape index (κ3) is 5.70. The number of benzene rings is 1. The summed E-state index contributed by atoms with van der Waals surface area (Å²) in [6.45, 7) is 0. The van der Waals surface area contributed by atoms with E-state index in [9.17, 15) is 22.8 Å². The topological polar surface area (TPSA) is 70.2 Å². The summed E-state index contributed by atoms with van der Waals surface area (Å²) in [5.41, 5.74) is -0.383. The predicted molar refractivity (Wildman–Crippen MR) is 84.8 cm³/mol. The van der Waals surface area contributed by atoms with E-state index in [-0.39, 0.29) is 11.7 Å². The molecule has 2 unspecified atom stereocenters. The number of amides is 2. The van der Waals surface area contributed by atoms with Gasteiger partial charge in [0, 0.05) is 10.2 Å². The molecule has 0 radical (unpaired) electrons. The fraction of sp³-hybridized carbons (Fsp3) is 0.385. The van der Waals surface area contributed by atoms with E-state index in [0.717, 1.165) is 16.2 Å². The number of hydrogen-bond acceptors (Lipinski definition) is 4. The lowest BCUT2D eigenvalue weighted by Crippen LogP contribution is -2.59. The zero-order valence-electron chi connectivity index (χ0n) is 11.6. The molecule has 0 saturated carbocycles. The molecular formula is C13H13BrF3N3O2S. The third-order valence-electron chi connectivity index (χ3n) is 2.94. The molecular weight excluding hydrogens is 399 g/mol. The first-order valence-electron chi connectivity index (χ1n) is 6.53. The number of halogens is 4. The molecule has 1 aromatic carbocycles. The van der Waals surface area contributed by atoms with Gasteiger partial charge in [0.05, 0.1) is 12.2 Å². The zero-order chi connectivity index (χ0) is 17.0. The number of carbonyl (C=O) groups excluding carboxylic acids is 2. The fourth-order valence-corrected chi connectivity index (χ4v) is 2.99. The molecule has 0 aliphatic carbocycles. The summed E-state index contributed by atoms with van der Waals surface area (Å²) in [7, 11) is 0. The largest absolute Gasteiger partial charge is 0.404 e. The van der Waals surface area contributed by atoms with Gasteiger partial charge in [0.25, 0.3) is 0 Å². The molecule has 10 heteroatoms. The van der Waals surface area contributed by atoms with Gasteiger partial charge in [-0.3, -0.25) is 14.9 Å². The van der Waals surface area contributed by atoms with Crippen LogP contribution in [0.15, 0.2) is 28.7 Å². The molecule has 126 valence electrons. The predicted octanol–water partition coefficient (Wildman–Crippen LogP) is 2.44. The second-order valence-corrected chi connectivity index (χ2v) is 6.79. The highest BCUT2D eigenvalue weighted by Gasteiger charge is 2.44. The molecule has 23 heavy (non-hydrogen) atoms. The highest BCUT2D eigenvalue weighted by Crippen LogP contribution is 2.26. The van der Waals surface area contributed by atoms with Gasteiger partial charge in [-0.15, -0.1) is 11.8 Å². The Morgan fingerprint density at radius 2 is 2.00 bits per heavy atom. The van der Waals surface area contributed by atoms with Gasteiger partial charge in [-0.05, 0) is 24.3 Å². The summed E-state index contributed by atoms with van der Waals surface area (Å²) in [4.78, 5) is 23.1. The van der Waals surface area contributed by atoms with Crippen LogP contribution in [0.1, 0.15) is 6.42 Å². The minimum atomic E-state index is -4.50. The van der Waals surface area contributed by atoms with Crippen LogP contribution >= 0.6 is 27.7 Å². The molecule has 1 aliphatic heterocycles. The summed E-state index contributed by atoms with van der Waals surface area (Å²) in [6, 6.07) is 4.97. The van der Waals surface area contributed by atoms with Crippen molar-refractivity contribution in [2.75, 3.05) is 11.1 Å². The Bertz CT molecular complexity index is 583. The molecule has 2 atom stereocenters. The number of carbonyl (C=O) groups is 2. The molecule has 5 nitrogen and oxygen atoms in total. The Morgan fingerprint density at radius 1 is 1.35 bits per heavy atom. The van der Waals surface area contributed by atoms with Crippen LogP contribution in [0.3, 0.4) is 0 Å². The van der Waals surface area contributed by atoms with Gasteiger partial charge >= 0.3 is 6.18 Å². The Morgan fingerprint density at radius 3 is 2.61 bits per heavy atom. The number of hydrogen-bond donors (Lipinski definition) is 3. The third-order valence-corrected chi connectivity index (χ3v) is 4.48. The summed E-state index contributed by atoms with van der Waals surface area (Å²) in [5.74, 6) is -1.17. The maximum Gasteiger partial charge on any atom is 0.404 e. The zero-order valence-corrected chi connectivity index (χ0v) is 14.0. The maximum atomic E-state index is 12.7. The van der Waals surface area contributed by atoms with E-state index < -0.39 is 30.0 Å². The SMILES string of the molecule is O=C(CSC1NC(=O)CC(C(F)(F)F)N1)Nc1ccc(Br)cc1. The van der Waals surface area contributed by atoms with E-state index in [1.54, 1.807) is 24.3 Å². The lowest BCUT2D eigenvalue weighted by atomic mass is 10.1. The van der Waals surface area contributed by atoms with Gasteiger partial charge in [-0.25, -0.2) is 0 Å². The molecule has 2 rings (SSSR count). The maximum absolute atomic E-state index is 12.7. The molecule has 1 fully saturated rings. The van der Waals surface area contributed by atoms with Crippen LogP contribution in [0, 0.1) is 0 Å². The molecule has 1 saturated heterocycles. The standard InChI is InChI=1S/C13H13BrF3N3O2S/c14-7-1-3-8(4-2-7)18-11(22)6-23-12-19-9(13(15,16)17)5-10(21)20-12/h1-4,9,12,19H,5-6H2,(H,18,22)(H,20,21). The van der Waals surface area contributed by atoms with Crippen LogP contribution in [-0.2, 0) is 9.59 Å². The second-order valence-electron chi connectivity index (χ2n) is 4.78. The Hall–Kier alpha value is -1.26. The van der Waals surface area contributed by atoms with Crippen molar-refractivity contribution in [1.29, 1.82) is 0 Å². The smallest absolute Gasteiger partial charge is 0.332 e. The lowest BCUT2D eigenvalue weighted by molar-refractivity contribution is -0.167. The average Bonchev–Trinajstić information content (AvgIpc) is 2.46. The highest BCUT2D eigenvalue weighted by atomic mass is 79.9. The van der Waals surface area contributed by atoms with Crippen molar-refractivity contribution < 1.29 is 22.8 Å². The van der Waals surface area contributed by atoms with Crippen molar-refractivity contribution in [3.8, 4) is 0 Å². The Balaban J connectivity index is 1.83. The van der Waals surface area contributed by atoms with E-state index in [4.69, 9.17) is 0 Å². The minimum Gasteiger partial charge on any atom is -0.332 e. The van der Waals surface area contributed by atoms with Crippen LogP contribution in [0.4, 0.5) is 18.9 Å². The van der Waals surface area contributed by atoms with Gasteiger partial charge in [0.1, 0.15) is 11.5 Å². The fourth-order valence-electron chi connectivity index (χ4n) is 1.86. The Labute approximate surface area is 142 Å². The van der Waals surface area contributed by atoms with Crippen LogP contribution in [0.5, 0.6) is 0 Å². The molecule has 3 N–H and O–H groups in total. The van der Waals surface area contributed by atoms with Crippen molar-refractivity contribution in [1.82, 2.24) is 10.6 Å². The van der Waals surface area contributed by atoms with Crippen molar-refractivity contribution in [3.63, 3.8) is 0 Å². The van der Waals surface area contributed by atoms with E-state index >= 15 is 0 Å². The van der Waals surface area contributed by atoms with E-state index in [1.807, 2.05) is 0 Å². The summed E-state index contributed by atoms with van der Waals surface area (Å²) in [6.07, 6.45) is -5.16. The van der Waals surface area contributed by atoms with Crippen LogP contribution < -0.4 is 16.0 Å². The monoisotopic (exact) mass is 411 g/mol. The van der Waals surface area contributed by atoms with Crippen molar-refractivity contribution in [2.24, 2.45) is 0 Å². The summed E-state index contributed by atoms with van der Waals surface area (Å²) >= 11 is 4.15. The number of nitrogens with one attached hydrogen (secondary N) is 3. The molecule has 0 bridgehead atoms. The minimum absolute atomic E-state index is 0.0986. The van der Waals surface area contributed by atoms with Gasteiger partial charge in [0.15, 0.2) is 0 Å². The van der Waals surface area contributed by atoms with E-state index in [2.05, 4.69) is 31.9 Å². The van der Waals surface area contributed by atoms with Crippen molar-refractivity contribution >= 4 is 45.2 Å². The van der Waals surface area contributed by atoms with Gasteiger partial charge in [0.2, 0.25) is 11.8 Å². The van der Waals surface area contributed by atoms with E-state index in [0.29, 0.717) is 5.69 Å².